The molecule has 0 radical (unpaired) electrons. The van der Waals surface area contributed by atoms with Crippen molar-refractivity contribution in [3.8, 4) is 0 Å². The van der Waals surface area contributed by atoms with Crippen LogP contribution in [0.15, 0.2) is 12.3 Å². The van der Waals surface area contributed by atoms with E-state index < -0.39 is 0 Å². The van der Waals surface area contributed by atoms with Crippen LogP contribution in [0.3, 0.4) is 0 Å². The molecule has 3 heteroatoms. The zero-order valence-corrected chi connectivity index (χ0v) is 9.74. The Hall–Kier alpha value is -0.830. The maximum atomic E-state index is 6.50. The maximum absolute atomic E-state index is 6.50. The lowest BCUT2D eigenvalue weighted by Crippen LogP contribution is -2.41. The average molecular weight is 207 g/mol. The second-order valence-electron chi connectivity index (χ2n) is 4.97. The number of nitrogens with zero attached hydrogens (tertiary/aromatic N) is 2. The first-order valence-electron chi connectivity index (χ1n) is 5.96. The molecule has 0 spiro atoms. The van der Waals surface area contributed by atoms with Gasteiger partial charge in [-0.3, -0.25) is 4.68 Å². The second-order valence-corrected chi connectivity index (χ2v) is 4.97. The van der Waals surface area contributed by atoms with Gasteiger partial charge in [-0.2, -0.15) is 5.10 Å². The van der Waals surface area contributed by atoms with E-state index in [4.69, 9.17) is 5.73 Å². The topological polar surface area (TPSA) is 43.8 Å². The van der Waals surface area contributed by atoms with Gasteiger partial charge in [-0.25, -0.2) is 0 Å². The highest BCUT2D eigenvalue weighted by Gasteiger charge is 2.32. The summed E-state index contributed by atoms with van der Waals surface area (Å²) in [5.41, 5.74) is 7.60. The standard InChI is InChI=1S/C12H21N3/c1-10(2)15-11(6-9-14-15)12(13)7-4-3-5-8-12/h6,9-10H,3-5,7-8,13H2,1-2H3. The molecule has 1 fully saturated rings. The van der Waals surface area contributed by atoms with E-state index in [1.54, 1.807) is 0 Å². The van der Waals surface area contributed by atoms with E-state index in [1.807, 2.05) is 6.20 Å². The molecule has 1 aromatic rings. The lowest BCUT2D eigenvalue weighted by Gasteiger charge is -2.34. The van der Waals surface area contributed by atoms with Crippen LogP contribution in [0.4, 0.5) is 0 Å². The minimum absolute atomic E-state index is 0.126. The second kappa shape index (κ2) is 3.97. The molecule has 0 aromatic carbocycles. The molecule has 0 bridgehead atoms. The SMILES string of the molecule is CC(C)n1nccc1C1(N)CCCCC1. The predicted molar refractivity (Wildman–Crippen MR) is 61.6 cm³/mol. The van der Waals surface area contributed by atoms with Gasteiger partial charge >= 0.3 is 0 Å². The van der Waals surface area contributed by atoms with E-state index >= 15 is 0 Å². The van der Waals surface area contributed by atoms with Crippen LogP contribution in [-0.4, -0.2) is 9.78 Å². The Balaban J connectivity index is 2.30. The van der Waals surface area contributed by atoms with E-state index in [1.165, 1.54) is 25.0 Å². The van der Waals surface area contributed by atoms with Crippen LogP contribution in [0.2, 0.25) is 0 Å². The van der Waals surface area contributed by atoms with Crippen molar-refractivity contribution in [2.45, 2.75) is 57.5 Å². The van der Waals surface area contributed by atoms with Gasteiger partial charge in [-0.05, 0) is 32.8 Å². The molecule has 1 aliphatic rings. The molecule has 1 saturated carbocycles. The van der Waals surface area contributed by atoms with E-state index in [2.05, 4.69) is 29.7 Å². The zero-order valence-electron chi connectivity index (χ0n) is 9.74. The number of nitrogens with two attached hydrogens (primary N) is 1. The van der Waals surface area contributed by atoms with Crippen molar-refractivity contribution in [3.63, 3.8) is 0 Å². The van der Waals surface area contributed by atoms with E-state index in [9.17, 15) is 0 Å². The highest BCUT2D eigenvalue weighted by atomic mass is 15.3. The quantitative estimate of drug-likeness (QED) is 0.810. The Morgan fingerprint density at radius 1 is 1.33 bits per heavy atom. The molecule has 0 amide bonds. The Kier molecular flexibility index (Phi) is 2.83. The third-order valence-corrected chi connectivity index (χ3v) is 3.42. The van der Waals surface area contributed by atoms with Crippen molar-refractivity contribution in [1.29, 1.82) is 0 Å². The first kappa shape index (κ1) is 10.7. The summed E-state index contributed by atoms with van der Waals surface area (Å²) in [4.78, 5) is 0. The van der Waals surface area contributed by atoms with Crippen LogP contribution in [0.5, 0.6) is 0 Å². The van der Waals surface area contributed by atoms with Crippen molar-refractivity contribution in [2.24, 2.45) is 5.73 Å². The summed E-state index contributed by atoms with van der Waals surface area (Å²) in [6.45, 7) is 4.31. The molecule has 15 heavy (non-hydrogen) atoms. The molecular weight excluding hydrogens is 186 g/mol. The van der Waals surface area contributed by atoms with Crippen molar-refractivity contribution in [1.82, 2.24) is 9.78 Å². The first-order valence-corrected chi connectivity index (χ1v) is 5.96. The van der Waals surface area contributed by atoms with Crippen molar-refractivity contribution in [3.05, 3.63) is 18.0 Å². The summed E-state index contributed by atoms with van der Waals surface area (Å²) >= 11 is 0. The molecule has 1 aromatic heterocycles. The first-order chi connectivity index (χ1) is 7.13. The summed E-state index contributed by atoms with van der Waals surface area (Å²) in [5, 5.41) is 4.37. The number of hydrogen-bond acceptors (Lipinski definition) is 2. The number of aromatic nitrogens is 2. The van der Waals surface area contributed by atoms with Gasteiger partial charge in [0.1, 0.15) is 0 Å². The molecule has 84 valence electrons. The summed E-state index contributed by atoms with van der Waals surface area (Å²) in [6, 6.07) is 2.49. The normalized spacial score (nSPS) is 20.8. The van der Waals surface area contributed by atoms with Gasteiger partial charge in [0.25, 0.3) is 0 Å². The van der Waals surface area contributed by atoms with Gasteiger partial charge in [-0.1, -0.05) is 19.3 Å². The van der Waals surface area contributed by atoms with Gasteiger partial charge in [0, 0.05) is 12.2 Å². The fourth-order valence-electron chi connectivity index (χ4n) is 2.56. The van der Waals surface area contributed by atoms with Gasteiger partial charge in [0.2, 0.25) is 0 Å². The summed E-state index contributed by atoms with van der Waals surface area (Å²) in [7, 11) is 0. The fraction of sp³-hybridized carbons (Fsp3) is 0.750. The largest absolute Gasteiger partial charge is 0.320 e. The molecule has 2 rings (SSSR count). The molecule has 3 nitrogen and oxygen atoms in total. The molecule has 0 saturated heterocycles. The summed E-state index contributed by atoms with van der Waals surface area (Å²) in [5.74, 6) is 0. The van der Waals surface area contributed by atoms with Gasteiger partial charge in [0.05, 0.1) is 11.2 Å². The average Bonchev–Trinajstić information content (AvgIpc) is 2.67. The van der Waals surface area contributed by atoms with Crippen LogP contribution >= 0.6 is 0 Å². The fourth-order valence-corrected chi connectivity index (χ4v) is 2.56. The third-order valence-electron chi connectivity index (χ3n) is 3.42. The molecule has 1 heterocycles. The molecule has 0 atom stereocenters. The molecular formula is C12H21N3. The molecule has 0 aliphatic heterocycles. The monoisotopic (exact) mass is 207 g/mol. The van der Waals surface area contributed by atoms with Crippen LogP contribution in [-0.2, 0) is 5.54 Å². The van der Waals surface area contributed by atoms with Crippen LogP contribution in [0, 0.1) is 0 Å². The van der Waals surface area contributed by atoms with Crippen molar-refractivity contribution < 1.29 is 0 Å². The van der Waals surface area contributed by atoms with Gasteiger partial charge in [-0.15, -0.1) is 0 Å². The Morgan fingerprint density at radius 3 is 2.60 bits per heavy atom. The lowest BCUT2D eigenvalue weighted by molar-refractivity contribution is 0.276. The predicted octanol–water partition coefficient (Wildman–Crippen LogP) is 2.58. The van der Waals surface area contributed by atoms with E-state index in [-0.39, 0.29) is 5.54 Å². The van der Waals surface area contributed by atoms with Gasteiger partial charge in [0.15, 0.2) is 0 Å². The highest BCUT2D eigenvalue weighted by Crippen LogP contribution is 2.35. The molecule has 0 unspecified atom stereocenters. The third kappa shape index (κ3) is 1.93. The van der Waals surface area contributed by atoms with Crippen molar-refractivity contribution in [2.75, 3.05) is 0 Å². The minimum Gasteiger partial charge on any atom is -0.320 e. The zero-order chi connectivity index (χ0) is 10.9. The van der Waals surface area contributed by atoms with Crippen LogP contribution < -0.4 is 5.73 Å². The molecule has 1 aliphatic carbocycles. The Bertz CT molecular complexity index is 321. The number of hydrogen-bond donors (Lipinski definition) is 1. The highest BCUT2D eigenvalue weighted by molar-refractivity contribution is 5.15. The minimum atomic E-state index is -0.126. The van der Waals surface area contributed by atoms with Crippen molar-refractivity contribution >= 4 is 0 Å². The summed E-state index contributed by atoms with van der Waals surface area (Å²) in [6.07, 6.45) is 7.91. The van der Waals surface area contributed by atoms with E-state index in [0.717, 1.165) is 12.8 Å². The maximum Gasteiger partial charge on any atom is 0.0585 e. The Morgan fingerprint density at radius 2 is 2.00 bits per heavy atom. The van der Waals surface area contributed by atoms with E-state index in [0.29, 0.717) is 6.04 Å². The lowest BCUT2D eigenvalue weighted by atomic mass is 9.80. The van der Waals surface area contributed by atoms with Crippen LogP contribution in [0.25, 0.3) is 0 Å². The van der Waals surface area contributed by atoms with Gasteiger partial charge < -0.3 is 5.73 Å². The summed E-state index contributed by atoms with van der Waals surface area (Å²) < 4.78 is 2.07. The smallest absolute Gasteiger partial charge is 0.0585 e. The van der Waals surface area contributed by atoms with Crippen LogP contribution in [0.1, 0.15) is 57.7 Å². The Labute approximate surface area is 91.7 Å². The number of rotatable bonds is 2. The molecule has 2 N–H and O–H groups in total.